The first-order valence-corrected chi connectivity index (χ1v) is 7.07. The van der Waals surface area contributed by atoms with Crippen molar-refractivity contribution in [2.45, 2.75) is 12.6 Å². The second-order valence-electron chi connectivity index (χ2n) is 5.10. The topological polar surface area (TPSA) is 59.4 Å². The summed E-state index contributed by atoms with van der Waals surface area (Å²) >= 11 is 0. The molecule has 2 heterocycles. The number of carbonyl (C=O) groups is 1. The lowest BCUT2D eigenvalue weighted by atomic mass is 10.3. The number of hydrogen-bond acceptors (Lipinski definition) is 4. The monoisotopic (exact) mass is 320 g/mol. The number of amides is 1. The summed E-state index contributed by atoms with van der Waals surface area (Å²) in [7, 11) is 1.16. The summed E-state index contributed by atoms with van der Waals surface area (Å²) in [6.07, 6.45) is -3.79. The molecule has 0 aromatic carbocycles. The lowest BCUT2D eigenvalue weighted by Gasteiger charge is -2.26. The number of hydrogen-bond donors (Lipinski definition) is 1. The van der Waals surface area contributed by atoms with Crippen molar-refractivity contribution in [3.8, 4) is 0 Å². The molecule has 0 radical (unpaired) electrons. The molecule has 0 saturated carbocycles. The van der Waals surface area contributed by atoms with E-state index in [0.29, 0.717) is 24.4 Å². The lowest BCUT2D eigenvalue weighted by molar-refractivity contribution is -0.143. The maximum atomic E-state index is 12.6. The van der Waals surface area contributed by atoms with Gasteiger partial charge in [-0.3, -0.25) is 14.4 Å². The maximum Gasteiger partial charge on any atom is 0.433 e. The minimum Gasteiger partial charge on any atom is -0.379 e. The zero-order valence-electron chi connectivity index (χ0n) is 12.3. The van der Waals surface area contributed by atoms with Gasteiger partial charge in [-0.15, -0.1) is 0 Å². The van der Waals surface area contributed by atoms with Crippen molar-refractivity contribution in [2.75, 3.05) is 39.4 Å². The molecule has 1 aromatic heterocycles. The van der Waals surface area contributed by atoms with Gasteiger partial charge in [0, 0.05) is 32.7 Å². The molecule has 1 amide bonds. The molecule has 2 rings (SSSR count). The van der Waals surface area contributed by atoms with Crippen LogP contribution in [0.4, 0.5) is 13.2 Å². The molecule has 1 saturated heterocycles. The summed E-state index contributed by atoms with van der Waals surface area (Å²) in [6.45, 7) is 4.36. The van der Waals surface area contributed by atoms with Gasteiger partial charge >= 0.3 is 6.18 Å². The van der Waals surface area contributed by atoms with E-state index in [1.54, 1.807) is 0 Å². The Bertz CT molecular complexity index is 510. The summed E-state index contributed by atoms with van der Waals surface area (Å²) in [6, 6.07) is 0.761. The van der Waals surface area contributed by atoms with Crippen LogP contribution < -0.4 is 5.32 Å². The molecule has 0 aliphatic carbocycles. The van der Waals surface area contributed by atoms with Gasteiger partial charge in [-0.05, 0) is 13.0 Å². The van der Waals surface area contributed by atoms with E-state index in [1.807, 2.05) is 0 Å². The molecule has 0 unspecified atom stereocenters. The smallest absolute Gasteiger partial charge is 0.379 e. The molecular weight excluding hydrogens is 301 g/mol. The number of halogens is 3. The van der Waals surface area contributed by atoms with Crippen LogP contribution in [0.2, 0.25) is 0 Å². The second kappa shape index (κ2) is 7.10. The van der Waals surface area contributed by atoms with E-state index in [9.17, 15) is 18.0 Å². The third-order valence-corrected chi connectivity index (χ3v) is 3.44. The van der Waals surface area contributed by atoms with E-state index >= 15 is 0 Å². The zero-order valence-corrected chi connectivity index (χ0v) is 12.3. The van der Waals surface area contributed by atoms with Crippen LogP contribution in [0.25, 0.3) is 0 Å². The van der Waals surface area contributed by atoms with E-state index < -0.39 is 17.8 Å². The van der Waals surface area contributed by atoms with Crippen LogP contribution in [0, 0.1) is 0 Å². The van der Waals surface area contributed by atoms with Gasteiger partial charge in [0.1, 0.15) is 5.69 Å². The third kappa shape index (κ3) is 4.44. The quantitative estimate of drug-likeness (QED) is 0.819. The number of alkyl halides is 3. The van der Waals surface area contributed by atoms with Crippen molar-refractivity contribution in [1.82, 2.24) is 20.0 Å². The summed E-state index contributed by atoms with van der Waals surface area (Å²) < 4.78 is 43.8. The Hall–Kier alpha value is -1.61. The first-order valence-electron chi connectivity index (χ1n) is 7.07. The summed E-state index contributed by atoms with van der Waals surface area (Å²) in [5, 5.41) is 6.19. The first-order chi connectivity index (χ1) is 10.4. The standard InChI is InChI=1S/C13H19F3N4O2/c1-19-11(13(14,15)16)9-10(18-19)12(21)17-3-2-4-20-5-7-22-8-6-20/h9H,2-8H2,1H3,(H,17,21). The molecule has 6 nitrogen and oxygen atoms in total. The average Bonchev–Trinajstić information content (AvgIpc) is 2.87. The summed E-state index contributed by atoms with van der Waals surface area (Å²) in [4.78, 5) is 14.0. The van der Waals surface area contributed by atoms with E-state index in [0.717, 1.165) is 39.2 Å². The number of carbonyl (C=O) groups excluding carboxylic acids is 1. The van der Waals surface area contributed by atoms with Crippen LogP contribution in [0.15, 0.2) is 6.07 Å². The van der Waals surface area contributed by atoms with Crippen molar-refractivity contribution in [1.29, 1.82) is 0 Å². The molecule has 9 heteroatoms. The number of morpholine rings is 1. The van der Waals surface area contributed by atoms with Gasteiger partial charge in [-0.1, -0.05) is 0 Å². The van der Waals surface area contributed by atoms with Crippen molar-refractivity contribution in [3.05, 3.63) is 17.5 Å². The van der Waals surface area contributed by atoms with Gasteiger partial charge in [0.05, 0.1) is 13.2 Å². The highest BCUT2D eigenvalue weighted by Crippen LogP contribution is 2.29. The second-order valence-corrected chi connectivity index (χ2v) is 5.10. The SMILES string of the molecule is Cn1nc(C(=O)NCCCN2CCOCC2)cc1C(F)(F)F. The number of aromatic nitrogens is 2. The molecule has 0 bridgehead atoms. The molecule has 22 heavy (non-hydrogen) atoms. The number of nitrogens with one attached hydrogen (secondary N) is 1. The van der Waals surface area contributed by atoms with Crippen molar-refractivity contribution in [2.24, 2.45) is 7.05 Å². The number of rotatable bonds is 5. The van der Waals surface area contributed by atoms with Crippen molar-refractivity contribution >= 4 is 5.91 Å². The van der Waals surface area contributed by atoms with E-state index in [4.69, 9.17) is 4.74 Å². The molecule has 1 fully saturated rings. The Labute approximate surface area is 126 Å². The lowest BCUT2D eigenvalue weighted by Crippen LogP contribution is -2.38. The zero-order chi connectivity index (χ0) is 16.2. The van der Waals surface area contributed by atoms with E-state index in [2.05, 4.69) is 15.3 Å². The van der Waals surface area contributed by atoms with Gasteiger partial charge in [0.2, 0.25) is 0 Å². The van der Waals surface area contributed by atoms with Crippen LogP contribution in [0.3, 0.4) is 0 Å². The number of ether oxygens (including phenoxy) is 1. The summed E-state index contributed by atoms with van der Waals surface area (Å²) in [5.41, 5.74) is -1.16. The van der Waals surface area contributed by atoms with E-state index in [-0.39, 0.29) is 5.69 Å². The Balaban J connectivity index is 1.77. The van der Waals surface area contributed by atoms with Crippen molar-refractivity contribution in [3.63, 3.8) is 0 Å². The highest BCUT2D eigenvalue weighted by atomic mass is 19.4. The van der Waals surface area contributed by atoms with Gasteiger partial charge in [0.25, 0.3) is 5.91 Å². The Morgan fingerprint density at radius 3 is 2.68 bits per heavy atom. The average molecular weight is 320 g/mol. The minimum atomic E-state index is -4.52. The molecule has 124 valence electrons. The number of nitrogens with zero attached hydrogens (tertiary/aromatic N) is 3. The van der Waals surface area contributed by atoms with Gasteiger partial charge < -0.3 is 10.1 Å². The molecule has 1 aromatic rings. The predicted molar refractivity (Wildman–Crippen MR) is 72.4 cm³/mol. The first kappa shape index (κ1) is 16.8. The fourth-order valence-electron chi connectivity index (χ4n) is 2.26. The van der Waals surface area contributed by atoms with Crippen molar-refractivity contribution < 1.29 is 22.7 Å². The normalized spacial score (nSPS) is 16.7. The number of aryl methyl sites for hydroxylation is 1. The summed E-state index contributed by atoms with van der Waals surface area (Å²) in [5.74, 6) is -0.590. The highest BCUT2D eigenvalue weighted by molar-refractivity contribution is 5.92. The predicted octanol–water partition coefficient (Wildman–Crippen LogP) is 0.891. The Morgan fingerprint density at radius 1 is 1.41 bits per heavy atom. The molecule has 0 spiro atoms. The van der Waals surface area contributed by atoms with Crippen LogP contribution in [0.1, 0.15) is 22.6 Å². The molecule has 1 N–H and O–H groups in total. The molecule has 0 atom stereocenters. The van der Waals surface area contributed by atoms with Crippen LogP contribution in [-0.2, 0) is 18.0 Å². The van der Waals surface area contributed by atoms with Gasteiger partial charge in [-0.25, -0.2) is 0 Å². The molecular formula is C13H19F3N4O2. The Morgan fingerprint density at radius 2 is 2.09 bits per heavy atom. The van der Waals surface area contributed by atoms with Crippen LogP contribution in [-0.4, -0.2) is 60.0 Å². The molecule has 1 aliphatic heterocycles. The van der Waals surface area contributed by atoms with Gasteiger partial charge in [-0.2, -0.15) is 18.3 Å². The molecule has 1 aliphatic rings. The fraction of sp³-hybridized carbons (Fsp3) is 0.692. The van der Waals surface area contributed by atoms with E-state index in [1.165, 1.54) is 0 Å². The van der Waals surface area contributed by atoms with Crippen LogP contribution >= 0.6 is 0 Å². The fourth-order valence-corrected chi connectivity index (χ4v) is 2.26. The minimum absolute atomic E-state index is 0.221. The maximum absolute atomic E-state index is 12.6. The largest absolute Gasteiger partial charge is 0.433 e. The van der Waals surface area contributed by atoms with Gasteiger partial charge in [0.15, 0.2) is 5.69 Å². The Kier molecular flexibility index (Phi) is 5.41. The third-order valence-electron chi connectivity index (χ3n) is 3.44. The highest BCUT2D eigenvalue weighted by Gasteiger charge is 2.35. The van der Waals surface area contributed by atoms with Crippen LogP contribution in [0.5, 0.6) is 0 Å².